The molecular formula is C29H27N5O2S. The number of aromatic nitrogens is 4. The Kier molecular flexibility index (Phi) is 7.46. The molecule has 0 saturated heterocycles. The van der Waals surface area contributed by atoms with Crippen LogP contribution in [-0.2, 0) is 12.8 Å². The number of H-pyrrole nitrogens is 1. The van der Waals surface area contributed by atoms with Gasteiger partial charge in [-0.1, -0.05) is 85.2 Å². The minimum absolute atomic E-state index is 0.414. The molecule has 0 radical (unpaired) electrons. The molecule has 0 aliphatic rings. The highest BCUT2D eigenvalue weighted by molar-refractivity contribution is 8.00. The fourth-order valence-electron chi connectivity index (χ4n) is 4.26. The molecule has 2 heterocycles. The molecule has 0 atom stereocenters. The van der Waals surface area contributed by atoms with Gasteiger partial charge in [0.1, 0.15) is 11.6 Å². The van der Waals surface area contributed by atoms with Crippen LogP contribution in [0, 0.1) is 6.92 Å². The Bertz CT molecular complexity index is 1550. The van der Waals surface area contributed by atoms with Crippen molar-refractivity contribution in [3.8, 4) is 22.5 Å². The molecule has 0 bridgehead atoms. The van der Waals surface area contributed by atoms with Crippen molar-refractivity contribution < 1.29 is 4.52 Å². The molecular weight excluding hydrogens is 482 g/mol. The fraction of sp³-hybridized carbons (Fsp3) is 0.172. The highest BCUT2D eigenvalue weighted by Gasteiger charge is 2.15. The maximum Gasteiger partial charge on any atom is 0.439 e. The van der Waals surface area contributed by atoms with Gasteiger partial charge in [-0.15, -0.1) is 0 Å². The zero-order valence-electron chi connectivity index (χ0n) is 20.7. The van der Waals surface area contributed by atoms with Gasteiger partial charge < -0.3 is 4.72 Å². The zero-order chi connectivity index (χ0) is 25.6. The number of aromatic amines is 1. The van der Waals surface area contributed by atoms with Crippen molar-refractivity contribution in [1.29, 1.82) is 0 Å². The lowest BCUT2D eigenvalue weighted by molar-refractivity contribution is 0.388. The normalized spacial score (nSPS) is 11.0. The van der Waals surface area contributed by atoms with Gasteiger partial charge in [-0.3, -0.25) is 9.51 Å². The molecule has 5 rings (SSSR count). The number of aryl methyl sites for hydroxylation is 2. The van der Waals surface area contributed by atoms with Crippen LogP contribution in [0.3, 0.4) is 0 Å². The SMILES string of the molecule is CCCc1nc(C)nc(NSc2ccccc2)c1Cc1ccc(-c2ccccc2-c2noc(=O)[nH]2)cc1. The summed E-state index contributed by atoms with van der Waals surface area (Å²) < 4.78 is 8.19. The van der Waals surface area contributed by atoms with Crippen LogP contribution in [0.25, 0.3) is 22.5 Å². The molecule has 0 unspecified atom stereocenters. The maximum absolute atomic E-state index is 11.5. The van der Waals surface area contributed by atoms with Crippen LogP contribution >= 0.6 is 11.9 Å². The lowest BCUT2D eigenvalue weighted by atomic mass is 9.96. The molecule has 0 spiro atoms. The molecule has 7 nitrogen and oxygen atoms in total. The van der Waals surface area contributed by atoms with Crippen LogP contribution < -0.4 is 10.5 Å². The quantitative estimate of drug-likeness (QED) is 0.220. The summed E-state index contributed by atoms with van der Waals surface area (Å²) in [5, 5.41) is 3.86. The van der Waals surface area contributed by atoms with E-state index in [0.29, 0.717) is 12.2 Å². The van der Waals surface area contributed by atoms with Gasteiger partial charge in [0.2, 0.25) is 0 Å². The second-order valence-corrected chi connectivity index (χ2v) is 9.55. The molecule has 37 heavy (non-hydrogen) atoms. The average Bonchev–Trinajstić information content (AvgIpc) is 3.36. The van der Waals surface area contributed by atoms with E-state index in [1.54, 1.807) is 11.9 Å². The smallest absolute Gasteiger partial charge is 0.310 e. The minimum Gasteiger partial charge on any atom is -0.310 e. The third-order valence-corrected chi connectivity index (χ3v) is 6.77. The first-order valence-corrected chi connectivity index (χ1v) is 13.0. The zero-order valence-corrected chi connectivity index (χ0v) is 21.5. The summed E-state index contributed by atoms with van der Waals surface area (Å²) in [5.74, 6) is 1.46. The number of anilines is 1. The first kappa shape index (κ1) is 24.5. The Hall–Kier alpha value is -4.17. The molecule has 8 heteroatoms. The van der Waals surface area contributed by atoms with E-state index >= 15 is 0 Å². The molecule has 3 aromatic carbocycles. The largest absolute Gasteiger partial charge is 0.439 e. The van der Waals surface area contributed by atoms with E-state index in [9.17, 15) is 4.79 Å². The second-order valence-electron chi connectivity index (χ2n) is 8.67. The number of nitrogens with zero attached hydrogens (tertiary/aromatic N) is 3. The van der Waals surface area contributed by atoms with Crippen LogP contribution in [0.4, 0.5) is 5.82 Å². The van der Waals surface area contributed by atoms with Crippen molar-refractivity contribution in [3.63, 3.8) is 0 Å². The van der Waals surface area contributed by atoms with E-state index < -0.39 is 5.76 Å². The summed E-state index contributed by atoms with van der Waals surface area (Å²) >= 11 is 1.56. The standard InChI is InChI=1S/C29H27N5O2S/c1-3-9-26-25(28(31-19(2)30-26)34-37-22-10-5-4-6-11-22)18-20-14-16-21(17-15-20)23-12-7-8-13-24(23)27-32-29(35)36-33-27/h4-8,10-17H,3,9,18H2,1-2H3,(H,30,31,34)(H,32,33,35). The Morgan fingerprint density at radius 1 is 0.919 bits per heavy atom. The highest BCUT2D eigenvalue weighted by atomic mass is 32.2. The Morgan fingerprint density at radius 2 is 1.65 bits per heavy atom. The van der Waals surface area contributed by atoms with Crippen molar-refractivity contribution in [1.82, 2.24) is 20.1 Å². The maximum atomic E-state index is 11.5. The molecule has 2 aromatic heterocycles. The summed E-state index contributed by atoms with van der Waals surface area (Å²) in [5.41, 5.74) is 6.15. The third-order valence-electron chi connectivity index (χ3n) is 5.97. The van der Waals surface area contributed by atoms with E-state index in [1.165, 1.54) is 0 Å². The summed E-state index contributed by atoms with van der Waals surface area (Å²) in [7, 11) is 0. The van der Waals surface area contributed by atoms with Crippen LogP contribution in [0.1, 0.15) is 36.0 Å². The molecule has 2 N–H and O–H groups in total. The van der Waals surface area contributed by atoms with Crippen LogP contribution in [0.5, 0.6) is 0 Å². The minimum atomic E-state index is -0.571. The molecule has 0 fully saturated rings. The number of benzene rings is 3. The van der Waals surface area contributed by atoms with Crippen LogP contribution in [0.15, 0.2) is 93.1 Å². The second kappa shape index (κ2) is 11.3. The van der Waals surface area contributed by atoms with Crippen molar-refractivity contribution in [2.75, 3.05) is 4.72 Å². The van der Waals surface area contributed by atoms with Crippen molar-refractivity contribution >= 4 is 17.8 Å². The first-order chi connectivity index (χ1) is 18.1. The van der Waals surface area contributed by atoms with Crippen molar-refractivity contribution in [2.24, 2.45) is 0 Å². The van der Waals surface area contributed by atoms with Gasteiger partial charge in [-0.25, -0.2) is 14.8 Å². The van der Waals surface area contributed by atoms with Gasteiger partial charge in [0.15, 0.2) is 5.82 Å². The van der Waals surface area contributed by atoms with Gasteiger partial charge >= 0.3 is 5.76 Å². The Balaban J connectivity index is 1.44. The van der Waals surface area contributed by atoms with Crippen molar-refractivity contribution in [3.05, 3.63) is 112 Å². The molecule has 0 aliphatic carbocycles. The predicted octanol–water partition coefficient (Wildman–Crippen LogP) is 6.46. The summed E-state index contributed by atoms with van der Waals surface area (Å²) in [6.07, 6.45) is 2.62. The number of rotatable bonds is 9. The van der Waals surface area contributed by atoms with Gasteiger partial charge in [0.25, 0.3) is 0 Å². The van der Waals surface area contributed by atoms with E-state index in [2.05, 4.69) is 58.2 Å². The van der Waals surface area contributed by atoms with Gasteiger partial charge in [0, 0.05) is 28.1 Å². The lowest BCUT2D eigenvalue weighted by Gasteiger charge is -2.16. The number of nitrogens with one attached hydrogen (secondary N) is 2. The van der Waals surface area contributed by atoms with Crippen molar-refractivity contribution in [2.45, 2.75) is 38.0 Å². The molecule has 5 aromatic rings. The topological polar surface area (TPSA) is 96.7 Å². The fourth-order valence-corrected chi connectivity index (χ4v) is 4.93. The molecule has 186 valence electrons. The molecule has 0 aliphatic heterocycles. The highest BCUT2D eigenvalue weighted by Crippen LogP contribution is 2.31. The van der Waals surface area contributed by atoms with Gasteiger partial charge in [-0.2, -0.15) is 0 Å². The van der Waals surface area contributed by atoms with Gasteiger partial charge in [0.05, 0.1) is 0 Å². The number of hydrogen-bond acceptors (Lipinski definition) is 7. The Labute approximate surface area is 219 Å². The summed E-state index contributed by atoms with van der Waals surface area (Å²) in [4.78, 5) is 24.8. The van der Waals surface area contributed by atoms with Crippen LogP contribution in [0.2, 0.25) is 0 Å². The van der Waals surface area contributed by atoms with Crippen LogP contribution in [-0.4, -0.2) is 20.1 Å². The molecule has 0 saturated carbocycles. The van der Waals surface area contributed by atoms with E-state index in [-0.39, 0.29) is 0 Å². The average molecular weight is 510 g/mol. The summed E-state index contributed by atoms with van der Waals surface area (Å²) in [6, 6.07) is 26.4. The first-order valence-electron chi connectivity index (χ1n) is 12.2. The number of hydrogen-bond donors (Lipinski definition) is 2. The van der Waals surface area contributed by atoms with E-state index in [1.807, 2.05) is 49.4 Å². The van der Waals surface area contributed by atoms with E-state index in [4.69, 9.17) is 14.5 Å². The third kappa shape index (κ3) is 5.81. The predicted molar refractivity (Wildman–Crippen MR) is 147 cm³/mol. The Morgan fingerprint density at radius 3 is 2.35 bits per heavy atom. The van der Waals surface area contributed by atoms with E-state index in [0.717, 1.165) is 62.9 Å². The van der Waals surface area contributed by atoms with Gasteiger partial charge in [-0.05, 0) is 54.1 Å². The lowest BCUT2D eigenvalue weighted by Crippen LogP contribution is -2.08. The monoisotopic (exact) mass is 509 g/mol. The molecule has 0 amide bonds. The summed E-state index contributed by atoms with van der Waals surface area (Å²) in [6.45, 7) is 4.11.